The Bertz CT molecular complexity index is 786. The molecule has 0 radical (unpaired) electrons. The first-order chi connectivity index (χ1) is 11.8. The number of carbonyl (C=O) groups excluding carboxylic acids is 1. The van der Waals surface area contributed by atoms with Gasteiger partial charge in [-0.2, -0.15) is 13.2 Å². The van der Waals surface area contributed by atoms with E-state index in [1.54, 1.807) is 6.92 Å². The Labute approximate surface area is 142 Å². The van der Waals surface area contributed by atoms with E-state index in [2.05, 4.69) is 15.3 Å². The van der Waals surface area contributed by atoms with Crippen LogP contribution >= 0.6 is 0 Å². The predicted molar refractivity (Wildman–Crippen MR) is 87.6 cm³/mol. The van der Waals surface area contributed by atoms with Gasteiger partial charge in [0.15, 0.2) is 0 Å². The van der Waals surface area contributed by atoms with E-state index < -0.39 is 17.6 Å². The van der Waals surface area contributed by atoms with Crippen LogP contribution in [0.15, 0.2) is 30.3 Å². The topological polar surface area (TPSA) is 58.1 Å². The summed E-state index contributed by atoms with van der Waals surface area (Å²) < 4.78 is 38.3. The summed E-state index contributed by atoms with van der Waals surface area (Å²) in [7, 11) is 0. The molecule has 1 fully saturated rings. The van der Waals surface area contributed by atoms with Crippen LogP contribution in [0.2, 0.25) is 0 Å². The van der Waals surface area contributed by atoms with E-state index in [9.17, 15) is 18.0 Å². The number of hydrogen-bond acceptors (Lipinski definition) is 4. The smallest absolute Gasteiger partial charge is 0.341 e. The molecule has 2 heterocycles. The number of hydrogen-bond donors (Lipinski definition) is 1. The molecular weight excluding hydrogens is 333 g/mol. The summed E-state index contributed by atoms with van der Waals surface area (Å²) >= 11 is 0. The van der Waals surface area contributed by atoms with Crippen LogP contribution in [-0.2, 0) is 6.18 Å². The van der Waals surface area contributed by atoms with Crippen LogP contribution in [-0.4, -0.2) is 29.0 Å². The number of benzene rings is 1. The van der Waals surface area contributed by atoms with Gasteiger partial charge in [-0.25, -0.2) is 9.97 Å². The quantitative estimate of drug-likeness (QED) is 0.918. The van der Waals surface area contributed by atoms with Gasteiger partial charge >= 0.3 is 6.18 Å². The Morgan fingerprint density at radius 1 is 1.16 bits per heavy atom. The normalized spacial score (nSPS) is 14.6. The molecule has 0 aliphatic carbocycles. The molecule has 1 aromatic heterocycles. The number of alkyl halides is 3. The molecule has 1 N–H and O–H groups in total. The molecule has 1 aliphatic rings. The maximum absolute atomic E-state index is 12.8. The van der Waals surface area contributed by atoms with Crippen LogP contribution in [0.3, 0.4) is 0 Å². The number of anilines is 2. The number of carbonyl (C=O) groups is 1. The predicted octanol–water partition coefficient (Wildman–Crippen LogP) is 3.66. The molecule has 25 heavy (non-hydrogen) atoms. The van der Waals surface area contributed by atoms with Crippen molar-refractivity contribution in [3.8, 4) is 0 Å². The monoisotopic (exact) mass is 350 g/mol. The zero-order valence-electron chi connectivity index (χ0n) is 13.6. The summed E-state index contributed by atoms with van der Waals surface area (Å²) in [5.41, 5.74) is 0.0126. The van der Waals surface area contributed by atoms with Gasteiger partial charge in [0, 0.05) is 24.5 Å². The van der Waals surface area contributed by atoms with Gasteiger partial charge in [0.25, 0.3) is 5.91 Å². The van der Waals surface area contributed by atoms with Crippen LogP contribution < -0.4 is 10.2 Å². The Morgan fingerprint density at radius 2 is 1.88 bits per heavy atom. The van der Waals surface area contributed by atoms with E-state index in [0.29, 0.717) is 11.6 Å². The van der Waals surface area contributed by atoms with Gasteiger partial charge < -0.3 is 10.2 Å². The van der Waals surface area contributed by atoms with Crippen molar-refractivity contribution in [2.24, 2.45) is 0 Å². The number of rotatable bonds is 3. The van der Waals surface area contributed by atoms with Crippen molar-refractivity contribution < 1.29 is 18.0 Å². The fraction of sp³-hybridized carbons (Fsp3) is 0.353. The molecule has 0 saturated carbocycles. The van der Waals surface area contributed by atoms with Crippen LogP contribution in [0, 0.1) is 6.92 Å². The highest BCUT2D eigenvalue weighted by Gasteiger charge is 2.30. The third kappa shape index (κ3) is 4.07. The number of nitrogens with one attached hydrogen (secondary N) is 1. The van der Waals surface area contributed by atoms with Gasteiger partial charge in [-0.1, -0.05) is 6.07 Å². The Balaban J connectivity index is 1.82. The van der Waals surface area contributed by atoms with Crippen molar-refractivity contribution in [1.29, 1.82) is 0 Å². The van der Waals surface area contributed by atoms with E-state index in [0.717, 1.165) is 38.1 Å². The molecule has 1 amide bonds. The van der Waals surface area contributed by atoms with Gasteiger partial charge in [-0.05, 0) is 44.0 Å². The van der Waals surface area contributed by atoms with Gasteiger partial charge in [0.05, 0.1) is 5.56 Å². The lowest BCUT2D eigenvalue weighted by Gasteiger charge is -2.16. The summed E-state index contributed by atoms with van der Waals surface area (Å²) in [6, 6.07) is 6.02. The minimum Gasteiger partial charge on any atom is -0.341 e. The number of nitrogens with zero attached hydrogens (tertiary/aromatic N) is 3. The second kappa shape index (κ2) is 6.70. The molecule has 2 aromatic rings. The molecule has 0 bridgehead atoms. The van der Waals surface area contributed by atoms with Gasteiger partial charge in [-0.15, -0.1) is 0 Å². The summed E-state index contributed by atoms with van der Waals surface area (Å²) in [4.78, 5) is 23.0. The van der Waals surface area contributed by atoms with Crippen LogP contribution in [0.1, 0.15) is 34.6 Å². The van der Waals surface area contributed by atoms with Crippen molar-refractivity contribution in [2.75, 3.05) is 23.3 Å². The van der Waals surface area contributed by atoms with Gasteiger partial charge in [-0.3, -0.25) is 4.79 Å². The summed E-state index contributed by atoms with van der Waals surface area (Å²) in [5.74, 6) is -0.0861. The molecule has 0 atom stereocenters. The lowest BCUT2D eigenvalue weighted by Crippen LogP contribution is -2.23. The van der Waals surface area contributed by atoms with E-state index in [1.807, 2.05) is 4.90 Å². The van der Waals surface area contributed by atoms with E-state index in [4.69, 9.17) is 0 Å². The highest BCUT2D eigenvalue weighted by molar-refractivity contribution is 6.03. The average Bonchev–Trinajstić information content (AvgIpc) is 3.08. The Kier molecular flexibility index (Phi) is 4.61. The molecule has 8 heteroatoms. The second-order valence-electron chi connectivity index (χ2n) is 5.92. The highest BCUT2D eigenvalue weighted by Crippen LogP contribution is 2.30. The first-order valence-corrected chi connectivity index (χ1v) is 7.92. The lowest BCUT2D eigenvalue weighted by atomic mass is 10.2. The van der Waals surface area contributed by atoms with Crippen LogP contribution in [0.4, 0.5) is 24.8 Å². The summed E-state index contributed by atoms with van der Waals surface area (Å²) in [5, 5.41) is 2.47. The van der Waals surface area contributed by atoms with Crippen molar-refractivity contribution in [3.05, 3.63) is 47.3 Å². The molecule has 3 rings (SSSR count). The SMILES string of the molecule is Cc1cc(C(=O)Nc2cccc(C(F)(F)F)c2)nc(N2CCCC2)n1. The zero-order chi connectivity index (χ0) is 18.0. The van der Waals surface area contributed by atoms with Crippen LogP contribution in [0.5, 0.6) is 0 Å². The molecule has 1 saturated heterocycles. The molecule has 132 valence electrons. The summed E-state index contributed by atoms with van der Waals surface area (Å²) in [6.45, 7) is 3.42. The molecule has 0 unspecified atom stereocenters. The maximum atomic E-state index is 12.8. The Morgan fingerprint density at radius 3 is 2.56 bits per heavy atom. The molecule has 5 nitrogen and oxygen atoms in total. The molecule has 0 spiro atoms. The van der Waals surface area contributed by atoms with Crippen molar-refractivity contribution in [2.45, 2.75) is 25.9 Å². The van der Waals surface area contributed by atoms with Crippen molar-refractivity contribution in [3.63, 3.8) is 0 Å². The van der Waals surface area contributed by atoms with Gasteiger partial charge in [0.2, 0.25) is 5.95 Å². The number of aryl methyl sites for hydroxylation is 1. The zero-order valence-corrected chi connectivity index (χ0v) is 13.6. The molecular formula is C17H17F3N4O. The summed E-state index contributed by atoms with van der Waals surface area (Å²) in [6.07, 6.45) is -2.37. The highest BCUT2D eigenvalue weighted by atomic mass is 19.4. The Hall–Kier alpha value is -2.64. The largest absolute Gasteiger partial charge is 0.416 e. The third-order valence-electron chi connectivity index (χ3n) is 3.91. The average molecular weight is 350 g/mol. The molecule has 1 aromatic carbocycles. The number of halogens is 3. The molecule has 1 aliphatic heterocycles. The van der Waals surface area contributed by atoms with Gasteiger partial charge in [0.1, 0.15) is 5.69 Å². The standard InChI is InChI=1S/C17H17F3N4O/c1-11-9-14(23-16(21-11)24-7-2-3-8-24)15(25)22-13-6-4-5-12(10-13)17(18,19)20/h4-6,9-10H,2-3,7-8H2,1H3,(H,22,25). The fourth-order valence-corrected chi connectivity index (χ4v) is 2.70. The van der Waals surface area contributed by atoms with E-state index >= 15 is 0 Å². The van der Waals surface area contributed by atoms with Crippen molar-refractivity contribution in [1.82, 2.24) is 9.97 Å². The minimum atomic E-state index is -4.46. The first-order valence-electron chi connectivity index (χ1n) is 7.92. The second-order valence-corrected chi connectivity index (χ2v) is 5.92. The van der Waals surface area contributed by atoms with Crippen molar-refractivity contribution >= 4 is 17.5 Å². The fourth-order valence-electron chi connectivity index (χ4n) is 2.70. The van der Waals surface area contributed by atoms with Crippen LogP contribution in [0.25, 0.3) is 0 Å². The third-order valence-corrected chi connectivity index (χ3v) is 3.91. The minimum absolute atomic E-state index is 0.0683. The van der Waals surface area contributed by atoms with E-state index in [-0.39, 0.29) is 11.4 Å². The van der Waals surface area contributed by atoms with E-state index in [1.165, 1.54) is 18.2 Å². The first kappa shape index (κ1) is 17.2. The lowest BCUT2D eigenvalue weighted by molar-refractivity contribution is -0.137. The number of amides is 1. The maximum Gasteiger partial charge on any atom is 0.416 e. The number of aromatic nitrogens is 2.